The van der Waals surface area contributed by atoms with E-state index in [4.69, 9.17) is 10.7 Å². The fourth-order valence-electron chi connectivity index (χ4n) is 2.57. The smallest absolute Gasteiger partial charge is 0.115 e. The van der Waals surface area contributed by atoms with E-state index in [1.165, 1.54) is 11.8 Å². The van der Waals surface area contributed by atoms with Crippen molar-refractivity contribution in [2.45, 2.75) is 32.4 Å². The zero-order valence-corrected chi connectivity index (χ0v) is 12.1. The largest absolute Gasteiger partial charge is 0.328 e. The molecule has 0 fully saturated rings. The van der Waals surface area contributed by atoms with E-state index >= 15 is 0 Å². The van der Waals surface area contributed by atoms with Crippen LogP contribution in [0.2, 0.25) is 0 Å². The topological polar surface area (TPSA) is 69.6 Å². The normalized spacial score (nSPS) is 12.7. The fraction of sp³-hybridized carbons (Fsp3) is 0.312. The molecule has 1 unspecified atom stereocenters. The van der Waals surface area contributed by atoms with Gasteiger partial charge in [-0.05, 0) is 18.6 Å². The lowest BCUT2D eigenvalue weighted by Crippen LogP contribution is -2.17. The Balaban J connectivity index is 1.94. The predicted octanol–water partition coefficient (Wildman–Crippen LogP) is 2.48. The zero-order valence-electron chi connectivity index (χ0n) is 12.1. The molecule has 108 valence electrons. The van der Waals surface area contributed by atoms with Gasteiger partial charge in [0.1, 0.15) is 12.2 Å². The van der Waals surface area contributed by atoms with Gasteiger partial charge in [-0.3, -0.25) is 0 Å². The van der Waals surface area contributed by atoms with Crippen molar-refractivity contribution in [3.05, 3.63) is 54.4 Å². The monoisotopic (exact) mass is 281 g/mol. The third-order valence-corrected chi connectivity index (χ3v) is 3.59. The molecule has 0 amide bonds. The van der Waals surface area contributed by atoms with E-state index in [9.17, 15) is 0 Å². The summed E-state index contributed by atoms with van der Waals surface area (Å²) in [4.78, 5) is 12.8. The number of nitrogens with two attached hydrogens (primary N) is 1. The summed E-state index contributed by atoms with van der Waals surface area (Å²) in [6, 6.07) is 8.07. The van der Waals surface area contributed by atoms with Crippen LogP contribution >= 0.6 is 0 Å². The summed E-state index contributed by atoms with van der Waals surface area (Å²) in [5.74, 6) is 1.02. The van der Waals surface area contributed by atoms with Crippen LogP contribution in [-0.4, -0.2) is 19.5 Å². The first kappa shape index (κ1) is 13.7. The Bertz CT molecular complexity index is 720. The molecular formula is C16H19N5. The molecule has 0 saturated carbocycles. The SMILES string of the molecule is CCCn1c(CC(N)c2cncnc2)nc2ccccc21. The molecule has 0 aliphatic carbocycles. The van der Waals surface area contributed by atoms with Crippen molar-refractivity contribution in [3.63, 3.8) is 0 Å². The predicted molar refractivity (Wildman–Crippen MR) is 82.7 cm³/mol. The lowest BCUT2D eigenvalue weighted by molar-refractivity contribution is 0.607. The lowest BCUT2D eigenvalue weighted by atomic mass is 10.1. The Morgan fingerprint density at radius 1 is 1.19 bits per heavy atom. The molecule has 2 N–H and O–H groups in total. The number of fused-ring (bicyclic) bond motifs is 1. The lowest BCUT2D eigenvalue weighted by Gasteiger charge is -2.13. The van der Waals surface area contributed by atoms with Crippen molar-refractivity contribution in [2.75, 3.05) is 0 Å². The number of hydrogen-bond acceptors (Lipinski definition) is 4. The van der Waals surface area contributed by atoms with Crippen molar-refractivity contribution < 1.29 is 0 Å². The first-order chi connectivity index (χ1) is 10.3. The van der Waals surface area contributed by atoms with Gasteiger partial charge in [-0.25, -0.2) is 15.0 Å². The van der Waals surface area contributed by atoms with E-state index in [1.54, 1.807) is 12.4 Å². The second-order valence-electron chi connectivity index (χ2n) is 5.15. The third-order valence-electron chi connectivity index (χ3n) is 3.59. The Morgan fingerprint density at radius 3 is 2.71 bits per heavy atom. The Kier molecular flexibility index (Phi) is 3.92. The Labute approximate surface area is 123 Å². The van der Waals surface area contributed by atoms with E-state index in [1.807, 2.05) is 18.2 Å². The van der Waals surface area contributed by atoms with Gasteiger partial charge < -0.3 is 10.3 Å². The fourth-order valence-corrected chi connectivity index (χ4v) is 2.57. The van der Waals surface area contributed by atoms with E-state index in [0.717, 1.165) is 29.9 Å². The first-order valence-corrected chi connectivity index (χ1v) is 7.24. The highest BCUT2D eigenvalue weighted by Crippen LogP contribution is 2.20. The van der Waals surface area contributed by atoms with Gasteiger partial charge in [-0.15, -0.1) is 0 Å². The molecule has 5 heteroatoms. The minimum atomic E-state index is -0.140. The summed E-state index contributed by atoms with van der Waals surface area (Å²) in [6.07, 6.45) is 6.80. The average molecular weight is 281 g/mol. The van der Waals surface area contributed by atoms with E-state index in [0.29, 0.717) is 6.42 Å². The minimum Gasteiger partial charge on any atom is -0.328 e. The maximum absolute atomic E-state index is 6.28. The summed E-state index contributed by atoms with van der Waals surface area (Å²) >= 11 is 0. The van der Waals surface area contributed by atoms with Crippen LogP contribution in [-0.2, 0) is 13.0 Å². The summed E-state index contributed by atoms with van der Waals surface area (Å²) in [6.45, 7) is 3.12. The van der Waals surface area contributed by atoms with Crippen LogP contribution in [0, 0.1) is 0 Å². The molecular weight excluding hydrogens is 262 g/mol. The van der Waals surface area contributed by atoms with Crippen molar-refractivity contribution in [3.8, 4) is 0 Å². The van der Waals surface area contributed by atoms with Crippen LogP contribution in [0.3, 0.4) is 0 Å². The molecule has 0 radical (unpaired) electrons. The molecule has 0 aliphatic heterocycles. The molecule has 0 aliphatic rings. The van der Waals surface area contributed by atoms with Gasteiger partial charge in [0.05, 0.1) is 11.0 Å². The van der Waals surface area contributed by atoms with Gasteiger partial charge in [0.15, 0.2) is 0 Å². The Morgan fingerprint density at radius 2 is 1.95 bits per heavy atom. The molecule has 0 bridgehead atoms. The molecule has 2 aromatic heterocycles. The average Bonchev–Trinajstić information content (AvgIpc) is 2.86. The zero-order chi connectivity index (χ0) is 14.7. The van der Waals surface area contributed by atoms with Gasteiger partial charge in [-0.2, -0.15) is 0 Å². The third kappa shape index (κ3) is 2.78. The second-order valence-corrected chi connectivity index (χ2v) is 5.15. The second kappa shape index (κ2) is 6.01. The van der Waals surface area contributed by atoms with Crippen LogP contribution in [0.4, 0.5) is 0 Å². The van der Waals surface area contributed by atoms with Crippen LogP contribution in [0.25, 0.3) is 11.0 Å². The molecule has 2 heterocycles. The summed E-state index contributed by atoms with van der Waals surface area (Å²) in [5.41, 5.74) is 9.42. The van der Waals surface area contributed by atoms with Crippen LogP contribution in [0.15, 0.2) is 43.0 Å². The quantitative estimate of drug-likeness (QED) is 0.780. The molecule has 1 atom stereocenters. The molecule has 1 aromatic carbocycles. The minimum absolute atomic E-state index is 0.140. The molecule has 0 saturated heterocycles. The van der Waals surface area contributed by atoms with E-state index in [-0.39, 0.29) is 6.04 Å². The number of aryl methyl sites for hydroxylation is 1. The number of hydrogen-bond donors (Lipinski definition) is 1. The number of rotatable bonds is 5. The molecule has 0 spiro atoms. The van der Waals surface area contributed by atoms with Crippen LogP contribution in [0.5, 0.6) is 0 Å². The highest BCUT2D eigenvalue weighted by Gasteiger charge is 2.14. The van der Waals surface area contributed by atoms with E-state index < -0.39 is 0 Å². The first-order valence-electron chi connectivity index (χ1n) is 7.24. The molecule has 3 aromatic rings. The van der Waals surface area contributed by atoms with Gasteiger partial charge in [0.25, 0.3) is 0 Å². The highest BCUT2D eigenvalue weighted by atomic mass is 15.1. The molecule has 21 heavy (non-hydrogen) atoms. The summed E-state index contributed by atoms with van der Waals surface area (Å²) in [7, 11) is 0. The number of benzene rings is 1. The maximum Gasteiger partial charge on any atom is 0.115 e. The molecule has 3 rings (SSSR count). The summed E-state index contributed by atoms with van der Waals surface area (Å²) < 4.78 is 2.26. The van der Waals surface area contributed by atoms with Gasteiger partial charge >= 0.3 is 0 Å². The number of aromatic nitrogens is 4. The molecule has 5 nitrogen and oxygen atoms in total. The van der Waals surface area contributed by atoms with Gasteiger partial charge in [0.2, 0.25) is 0 Å². The van der Waals surface area contributed by atoms with Crippen LogP contribution in [0.1, 0.15) is 30.8 Å². The number of para-hydroxylation sites is 2. The highest BCUT2D eigenvalue weighted by molar-refractivity contribution is 5.75. The van der Waals surface area contributed by atoms with Crippen molar-refractivity contribution in [2.24, 2.45) is 5.73 Å². The van der Waals surface area contributed by atoms with Crippen LogP contribution < -0.4 is 5.73 Å². The van der Waals surface area contributed by atoms with Gasteiger partial charge in [-0.1, -0.05) is 19.1 Å². The van der Waals surface area contributed by atoms with Gasteiger partial charge in [0, 0.05) is 37.0 Å². The van der Waals surface area contributed by atoms with Crippen molar-refractivity contribution >= 4 is 11.0 Å². The van der Waals surface area contributed by atoms with Crippen molar-refractivity contribution in [1.82, 2.24) is 19.5 Å². The Hall–Kier alpha value is -2.27. The summed E-state index contributed by atoms with van der Waals surface area (Å²) in [5, 5.41) is 0. The van der Waals surface area contributed by atoms with E-state index in [2.05, 4.69) is 27.5 Å². The van der Waals surface area contributed by atoms with Crippen molar-refractivity contribution in [1.29, 1.82) is 0 Å². The standard InChI is InChI=1S/C16H19N5/c1-2-7-21-15-6-4-3-5-14(15)20-16(21)8-13(17)12-9-18-11-19-10-12/h3-6,9-11,13H,2,7-8,17H2,1H3. The maximum atomic E-state index is 6.28. The number of imidazole rings is 1. The number of nitrogens with zero attached hydrogens (tertiary/aromatic N) is 4.